The fourth-order valence-electron chi connectivity index (χ4n) is 3.52. The minimum atomic E-state index is 0.768. The largest absolute Gasteiger partial charge is 0.272 e. The summed E-state index contributed by atoms with van der Waals surface area (Å²) in [7, 11) is 0. The molecule has 0 saturated heterocycles. The van der Waals surface area contributed by atoms with Crippen molar-refractivity contribution in [2.75, 3.05) is 0 Å². The Balaban J connectivity index is 1.45. The van der Waals surface area contributed by atoms with E-state index in [4.69, 9.17) is 5.10 Å². The first-order valence-corrected chi connectivity index (χ1v) is 10.3. The van der Waals surface area contributed by atoms with Crippen LogP contribution in [0.2, 0.25) is 0 Å². The van der Waals surface area contributed by atoms with Crippen molar-refractivity contribution in [1.29, 1.82) is 0 Å². The number of para-hydroxylation sites is 1. The third-order valence-corrected chi connectivity index (χ3v) is 5.17. The van der Waals surface area contributed by atoms with Crippen molar-refractivity contribution >= 4 is 10.9 Å². The lowest BCUT2D eigenvalue weighted by Crippen LogP contribution is -1.93. The third kappa shape index (κ3) is 3.94. The van der Waals surface area contributed by atoms with Gasteiger partial charge >= 0.3 is 0 Å². The summed E-state index contributed by atoms with van der Waals surface area (Å²) in [6.07, 6.45) is 5.70. The number of fused-ring (bicyclic) bond motifs is 1. The molecule has 2 aromatic carbocycles. The Kier molecular flexibility index (Phi) is 5.00. The van der Waals surface area contributed by atoms with E-state index in [0.717, 1.165) is 51.1 Å². The lowest BCUT2D eigenvalue weighted by Gasteiger charge is -2.03. The minimum absolute atomic E-state index is 0.768. The van der Waals surface area contributed by atoms with Crippen molar-refractivity contribution in [3.8, 4) is 34.2 Å². The summed E-state index contributed by atoms with van der Waals surface area (Å²) >= 11 is 0. The van der Waals surface area contributed by atoms with Gasteiger partial charge in [0.05, 0.1) is 5.52 Å². The fourth-order valence-corrected chi connectivity index (χ4v) is 3.52. The van der Waals surface area contributed by atoms with Gasteiger partial charge in [0.15, 0.2) is 0 Å². The summed E-state index contributed by atoms with van der Waals surface area (Å²) in [4.78, 5) is 8.75. The molecule has 4 nitrogen and oxygen atoms in total. The molecule has 0 fully saturated rings. The van der Waals surface area contributed by atoms with Crippen LogP contribution < -0.4 is 0 Å². The number of aryl methyl sites for hydroxylation is 1. The van der Waals surface area contributed by atoms with Crippen LogP contribution in [0.1, 0.15) is 18.2 Å². The van der Waals surface area contributed by atoms with Crippen molar-refractivity contribution < 1.29 is 0 Å². The van der Waals surface area contributed by atoms with Crippen LogP contribution >= 0.6 is 0 Å². The molecule has 0 saturated carbocycles. The SMILES string of the molecule is CCn1cc(-c2ccncc2)c(-c2ccc(C#Cc3ccc4ccccc4n3)cc2)n1. The van der Waals surface area contributed by atoms with Crippen molar-refractivity contribution in [3.05, 3.63) is 103 Å². The molecule has 0 aliphatic carbocycles. The molecule has 0 aliphatic rings. The summed E-state index contributed by atoms with van der Waals surface area (Å²) in [5.74, 6) is 6.40. The third-order valence-electron chi connectivity index (χ3n) is 5.17. The standard InChI is InChI=1S/C27H20N4/c1-2-31-19-25(21-15-17-28-18-16-21)27(30-31)23-10-7-20(8-11-23)9-13-24-14-12-22-5-3-4-6-26(22)29-24/h3-8,10-12,14-19H,2H2,1H3. The highest BCUT2D eigenvalue weighted by Gasteiger charge is 2.12. The van der Waals surface area contributed by atoms with Crippen molar-refractivity contribution in [3.63, 3.8) is 0 Å². The first kappa shape index (κ1) is 18.8. The van der Waals surface area contributed by atoms with E-state index in [2.05, 4.69) is 59.2 Å². The van der Waals surface area contributed by atoms with E-state index >= 15 is 0 Å². The molecular formula is C27H20N4. The highest BCUT2D eigenvalue weighted by atomic mass is 15.3. The molecule has 0 amide bonds. The predicted octanol–water partition coefficient (Wildman–Crippen LogP) is 5.58. The summed E-state index contributed by atoms with van der Waals surface area (Å²) in [6, 6.07) is 24.3. The molecule has 5 aromatic rings. The highest BCUT2D eigenvalue weighted by Crippen LogP contribution is 2.30. The number of benzene rings is 2. The number of hydrogen-bond acceptors (Lipinski definition) is 3. The summed E-state index contributed by atoms with van der Waals surface area (Å²) in [5, 5.41) is 5.90. The van der Waals surface area contributed by atoms with Crippen molar-refractivity contribution in [2.24, 2.45) is 0 Å². The van der Waals surface area contributed by atoms with Gasteiger partial charge in [-0.3, -0.25) is 9.67 Å². The molecule has 0 N–H and O–H groups in total. The zero-order valence-electron chi connectivity index (χ0n) is 17.2. The molecule has 0 bridgehead atoms. The van der Waals surface area contributed by atoms with Gasteiger partial charge in [-0.05, 0) is 54.8 Å². The van der Waals surface area contributed by atoms with Crippen LogP contribution in [0.4, 0.5) is 0 Å². The van der Waals surface area contributed by atoms with E-state index in [1.165, 1.54) is 0 Å². The maximum Gasteiger partial charge on any atom is 0.114 e. The first-order chi connectivity index (χ1) is 15.3. The molecule has 0 aliphatic heterocycles. The molecule has 148 valence electrons. The Hall–Kier alpha value is -4.23. The maximum atomic E-state index is 4.78. The average molecular weight is 400 g/mol. The van der Waals surface area contributed by atoms with E-state index in [1.54, 1.807) is 0 Å². The van der Waals surface area contributed by atoms with Crippen LogP contribution in [0.25, 0.3) is 33.3 Å². The quantitative estimate of drug-likeness (QED) is 0.371. The monoisotopic (exact) mass is 400 g/mol. The van der Waals surface area contributed by atoms with Crippen LogP contribution in [0, 0.1) is 11.8 Å². The van der Waals surface area contributed by atoms with Gasteiger partial charge in [-0.1, -0.05) is 42.3 Å². The van der Waals surface area contributed by atoms with Gasteiger partial charge in [0.2, 0.25) is 0 Å². The zero-order valence-corrected chi connectivity index (χ0v) is 17.2. The number of hydrogen-bond donors (Lipinski definition) is 0. The molecule has 31 heavy (non-hydrogen) atoms. The van der Waals surface area contributed by atoms with Crippen LogP contribution in [-0.4, -0.2) is 19.7 Å². The highest BCUT2D eigenvalue weighted by molar-refractivity contribution is 5.81. The molecule has 0 radical (unpaired) electrons. The van der Waals surface area contributed by atoms with Gasteiger partial charge in [0, 0.05) is 47.2 Å². The van der Waals surface area contributed by atoms with Gasteiger partial charge in [-0.25, -0.2) is 4.98 Å². The topological polar surface area (TPSA) is 43.6 Å². The second-order valence-electron chi connectivity index (χ2n) is 7.20. The Morgan fingerprint density at radius 3 is 2.42 bits per heavy atom. The lowest BCUT2D eigenvalue weighted by atomic mass is 10.0. The summed E-state index contributed by atoms with van der Waals surface area (Å²) < 4.78 is 1.96. The Morgan fingerprint density at radius 1 is 0.806 bits per heavy atom. The van der Waals surface area contributed by atoms with E-state index in [-0.39, 0.29) is 0 Å². The van der Waals surface area contributed by atoms with Gasteiger partial charge in [-0.2, -0.15) is 5.10 Å². The van der Waals surface area contributed by atoms with Crippen LogP contribution in [0.3, 0.4) is 0 Å². The molecule has 5 rings (SSSR count). The van der Waals surface area contributed by atoms with Gasteiger partial charge < -0.3 is 0 Å². The molecular weight excluding hydrogens is 380 g/mol. The molecule has 4 heteroatoms. The zero-order chi connectivity index (χ0) is 21.0. The summed E-state index contributed by atoms with van der Waals surface area (Å²) in [6.45, 7) is 2.91. The molecule has 3 heterocycles. The second-order valence-corrected chi connectivity index (χ2v) is 7.20. The Labute approximate surface area is 181 Å². The number of rotatable bonds is 3. The van der Waals surface area contributed by atoms with E-state index in [9.17, 15) is 0 Å². The van der Waals surface area contributed by atoms with Gasteiger partial charge in [0.25, 0.3) is 0 Å². The fraction of sp³-hybridized carbons (Fsp3) is 0.0741. The molecule has 0 atom stereocenters. The van der Waals surface area contributed by atoms with Crippen molar-refractivity contribution in [1.82, 2.24) is 19.7 Å². The number of nitrogens with zero attached hydrogens (tertiary/aromatic N) is 4. The Bertz CT molecular complexity index is 1400. The van der Waals surface area contributed by atoms with Crippen LogP contribution in [0.5, 0.6) is 0 Å². The van der Waals surface area contributed by atoms with E-state index in [0.29, 0.717) is 0 Å². The summed E-state index contributed by atoms with van der Waals surface area (Å²) in [5.41, 5.74) is 6.90. The first-order valence-electron chi connectivity index (χ1n) is 10.3. The maximum absolute atomic E-state index is 4.78. The van der Waals surface area contributed by atoms with Crippen LogP contribution in [0.15, 0.2) is 91.4 Å². The normalized spacial score (nSPS) is 10.6. The molecule has 0 unspecified atom stereocenters. The van der Waals surface area contributed by atoms with E-state index < -0.39 is 0 Å². The van der Waals surface area contributed by atoms with Gasteiger partial charge in [0.1, 0.15) is 11.4 Å². The van der Waals surface area contributed by atoms with Gasteiger partial charge in [-0.15, -0.1) is 0 Å². The predicted molar refractivity (Wildman–Crippen MR) is 124 cm³/mol. The van der Waals surface area contributed by atoms with Crippen LogP contribution in [-0.2, 0) is 6.54 Å². The molecule has 3 aromatic heterocycles. The average Bonchev–Trinajstić information content (AvgIpc) is 3.28. The smallest absolute Gasteiger partial charge is 0.114 e. The van der Waals surface area contributed by atoms with E-state index in [1.807, 2.05) is 65.6 Å². The van der Waals surface area contributed by atoms with Crippen molar-refractivity contribution in [2.45, 2.75) is 13.5 Å². The number of aromatic nitrogens is 4. The lowest BCUT2D eigenvalue weighted by molar-refractivity contribution is 0.662. The second kappa shape index (κ2) is 8.25. The minimum Gasteiger partial charge on any atom is -0.272 e. The number of pyridine rings is 2. The Morgan fingerprint density at radius 2 is 1.61 bits per heavy atom. The molecule has 0 spiro atoms.